The maximum atomic E-state index is 13.7. The molecule has 116 valence electrons. The van der Waals surface area contributed by atoms with E-state index in [1.807, 2.05) is 19.1 Å². The zero-order valence-corrected chi connectivity index (χ0v) is 14.5. The molecule has 4 heteroatoms. The first-order valence-corrected chi connectivity index (χ1v) is 8.09. The molecular weight excluding hydrogens is 355 g/mol. The van der Waals surface area contributed by atoms with Gasteiger partial charge in [0, 0.05) is 33.3 Å². The first-order valence-electron chi connectivity index (χ1n) is 7.30. The van der Waals surface area contributed by atoms with Crippen molar-refractivity contribution >= 4 is 27.8 Å². The Labute approximate surface area is 143 Å². The van der Waals surface area contributed by atoms with Crippen LogP contribution >= 0.6 is 15.9 Å². The standard InChI is InChI=1S/C19H16BrFN2/c1-13-11-15(12-22-19-6-4-3-5-18(19)21)14(2)23(13)17-9-7-16(20)8-10-17/h3-12H,1-2H3. The van der Waals surface area contributed by atoms with Gasteiger partial charge in [0.05, 0.1) is 5.69 Å². The van der Waals surface area contributed by atoms with Crippen molar-refractivity contribution in [2.45, 2.75) is 13.8 Å². The van der Waals surface area contributed by atoms with E-state index in [1.165, 1.54) is 6.07 Å². The first-order chi connectivity index (χ1) is 11.1. The van der Waals surface area contributed by atoms with Gasteiger partial charge in [0.2, 0.25) is 0 Å². The molecule has 23 heavy (non-hydrogen) atoms. The van der Waals surface area contributed by atoms with Crippen molar-refractivity contribution in [2.75, 3.05) is 0 Å². The molecule has 0 saturated carbocycles. The number of nitrogens with zero attached hydrogens (tertiary/aromatic N) is 2. The van der Waals surface area contributed by atoms with Crippen LogP contribution in [0.1, 0.15) is 17.0 Å². The van der Waals surface area contributed by atoms with E-state index < -0.39 is 0 Å². The fourth-order valence-electron chi connectivity index (χ4n) is 2.60. The number of hydrogen-bond acceptors (Lipinski definition) is 1. The van der Waals surface area contributed by atoms with E-state index in [4.69, 9.17) is 0 Å². The average Bonchev–Trinajstić information content (AvgIpc) is 2.82. The molecule has 0 aliphatic heterocycles. The second-order valence-electron chi connectivity index (χ2n) is 5.35. The highest BCUT2D eigenvalue weighted by molar-refractivity contribution is 9.10. The number of aromatic nitrogens is 1. The Morgan fingerprint density at radius 3 is 2.43 bits per heavy atom. The molecule has 0 amide bonds. The second kappa shape index (κ2) is 6.50. The number of hydrogen-bond donors (Lipinski definition) is 0. The SMILES string of the molecule is Cc1cc(C=Nc2ccccc2F)c(C)n1-c1ccc(Br)cc1. The van der Waals surface area contributed by atoms with Crippen LogP contribution in [0.4, 0.5) is 10.1 Å². The molecular formula is C19H16BrFN2. The maximum absolute atomic E-state index is 13.7. The molecule has 1 heterocycles. The monoisotopic (exact) mass is 370 g/mol. The van der Waals surface area contributed by atoms with Crippen molar-refractivity contribution in [3.05, 3.63) is 81.8 Å². The molecule has 0 spiro atoms. The van der Waals surface area contributed by atoms with E-state index in [0.29, 0.717) is 5.69 Å². The minimum atomic E-state index is -0.314. The van der Waals surface area contributed by atoms with Crippen LogP contribution < -0.4 is 0 Å². The van der Waals surface area contributed by atoms with Gasteiger partial charge >= 0.3 is 0 Å². The van der Waals surface area contributed by atoms with Crippen molar-refractivity contribution in [2.24, 2.45) is 4.99 Å². The summed E-state index contributed by atoms with van der Waals surface area (Å²) >= 11 is 3.45. The predicted octanol–water partition coefficient (Wildman–Crippen LogP) is 5.75. The van der Waals surface area contributed by atoms with Crippen LogP contribution in [0.5, 0.6) is 0 Å². The molecule has 3 rings (SSSR count). The Bertz CT molecular complexity index is 864. The zero-order chi connectivity index (χ0) is 16.4. The van der Waals surface area contributed by atoms with Gasteiger partial charge < -0.3 is 4.57 Å². The van der Waals surface area contributed by atoms with Crippen molar-refractivity contribution < 1.29 is 4.39 Å². The normalized spacial score (nSPS) is 11.3. The Hall–Kier alpha value is -2.20. The number of aryl methyl sites for hydroxylation is 1. The fraction of sp³-hybridized carbons (Fsp3) is 0.105. The van der Waals surface area contributed by atoms with Gasteiger partial charge in [-0.25, -0.2) is 4.39 Å². The number of para-hydroxylation sites is 1. The highest BCUT2D eigenvalue weighted by Gasteiger charge is 2.09. The summed E-state index contributed by atoms with van der Waals surface area (Å²) in [5, 5.41) is 0. The Morgan fingerprint density at radius 1 is 1.04 bits per heavy atom. The van der Waals surface area contributed by atoms with Gasteiger partial charge in [-0.1, -0.05) is 28.1 Å². The summed E-state index contributed by atoms with van der Waals surface area (Å²) in [5.74, 6) is -0.314. The summed E-state index contributed by atoms with van der Waals surface area (Å²) < 4.78 is 16.9. The van der Waals surface area contributed by atoms with Crippen LogP contribution in [0.3, 0.4) is 0 Å². The molecule has 3 aromatic rings. The largest absolute Gasteiger partial charge is 0.318 e. The molecule has 2 aromatic carbocycles. The van der Waals surface area contributed by atoms with Crippen LogP contribution in [0.25, 0.3) is 5.69 Å². The first kappa shape index (κ1) is 15.7. The van der Waals surface area contributed by atoms with Gasteiger partial charge in [-0.15, -0.1) is 0 Å². The average molecular weight is 371 g/mol. The molecule has 0 aliphatic carbocycles. The Morgan fingerprint density at radius 2 is 1.74 bits per heavy atom. The van der Waals surface area contributed by atoms with Crippen molar-refractivity contribution in [3.63, 3.8) is 0 Å². The van der Waals surface area contributed by atoms with Gasteiger partial charge in [-0.3, -0.25) is 4.99 Å². The number of benzene rings is 2. The van der Waals surface area contributed by atoms with E-state index in [2.05, 4.69) is 50.6 Å². The maximum Gasteiger partial charge on any atom is 0.148 e. The third-order valence-electron chi connectivity index (χ3n) is 3.75. The highest BCUT2D eigenvalue weighted by Crippen LogP contribution is 2.22. The Kier molecular flexibility index (Phi) is 4.44. The van der Waals surface area contributed by atoms with E-state index in [1.54, 1.807) is 24.4 Å². The van der Waals surface area contributed by atoms with Gasteiger partial charge in [-0.05, 0) is 56.3 Å². The van der Waals surface area contributed by atoms with E-state index in [9.17, 15) is 4.39 Å². The topological polar surface area (TPSA) is 17.3 Å². The lowest BCUT2D eigenvalue weighted by atomic mass is 10.2. The lowest BCUT2D eigenvalue weighted by Crippen LogP contribution is -1.99. The van der Waals surface area contributed by atoms with Crippen molar-refractivity contribution in [3.8, 4) is 5.69 Å². The number of rotatable bonds is 3. The highest BCUT2D eigenvalue weighted by atomic mass is 79.9. The molecule has 0 radical (unpaired) electrons. The van der Waals surface area contributed by atoms with Crippen LogP contribution in [-0.4, -0.2) is 10.8 Å². The molecule has 2 nitrogen and oxygen atoms in total. The lowest BCUT2D eigenvalue weighted by Gasteiger charge is -2.09. The van der Waals surface area contributed by atoms with Gasteiger partial charge in [-0.2, -0.15) is 0 Å². The zero-order valence-electron chi connectivity index (χ0n) is 12.9. The summed E-state index contributed by atoms with van der Waals surface area (Å²) in [4.78, 5) is 4.28. The Balaban J connectivity index is 1.98. The van der Waals surface area contributed by atoms with Crippen LogP contribution in [0, 0.1) is 19.7 Å². The molecule has 0 atom stereocenters. The second-order valence-corrected chi connectivity index (χ2v) is 6.26. The van der Waals surface area contributed by atoms with E-state index in [-0.39, 0.29) is 5.82 Å². The summed E-state index contributed by atoms with van der Waals surface area (Å²) in [5.41, 5.74) is 4.60. The summed E-state index contributed by atoms with van der Waals surface area (Å²) in [6.07, 6.45) is 1.72. The van der Waals surface area contributed by atoms with E-state index >= 15 is 0 Å². The van der Waals surface area contributed by atoms with Crippen molar-refractivity contribution in [1.82, 2.24) is 4.57 Å². The predicted molar refractivity (Wildman–Crippen MR) is 96.6 cm³/mol. The molecule has 0 fully saturated rings. The molecule has 0 N–H and O–H groups in total. The smallest absolute Gasteiger partial charge is 0.148 e. The third-order valence-corrected chi connectivity index (χ3v) is 4.28. The molecule has 0 bridgehead atoms. The minimum absolute atomic E-state index is 0.314. The van der Waals surface area contributed by atoms with Crippen LogP contribution in [0.2, 0.25) is 0 Å². The summed E-state index contributed by atoms with van der Waals surface area (Å²) in [7, 11) is 0. The summed E-state index contributed by atoms with van der Waals surface area (Å²) in [6, 6.07) is 16.7. The number of halogens is 2. The number of aliphatic imine (C=N–C) groups is 1. The van der Waals surface area contributed by atoms with Crippen molar-refractivity contribution in [1.29, 1.82) is 0 Å². The molecule has 0 unspecified atom stereocenters. The molecule has 0 saturated heterocycles. The molecule has 1 aromatic heterocycles. The van der Waals surface area contributed by atoms with Gasteiger partial charge in [0.15, 0.2) is 0 Å². The van der Waals surface area contributed by atoms with Gasteiger partial charge in [0.25, 0.3) is 0 Å². The minimum Gasteiger partial charge on any atom is -0.318 e. The third kappa shape index (κ3) is 3.27. The fourth-order valence-corrected chi connectivity index (χ4v) is 2.87. The molecule has 0 aliphatic rings. The van der Waals surface area contributed by atoms with Crippen LogP contribution in [0.15, 0.2) is 64.1 Å². The van der Waals surface area contributed by atoms with Gasteiger partial charge in [0.1, 0.15) is 5.82 Å². The lowest BCUT2D eigenvalue weighted by molar-refractivity contribution is 0.630. The van der Waals surface area contributed by atoms with Crippen LogP contribution in [-0.2, 0) is 0 Å². The van der Waals surface area contributed by atoms with E-state index in [0.717, 1.165) is 27.1 Å². The summed E-state index contributed by atoms with van der Waals surface area (Å²) in [6.45, 7) is 4.09. The quantitative estimate of drug-likeness (QED) is 0.522.